The zero-order valence-corrected chi connectivity index (χ0v) is 29.0. The molecule has 0 radical (unpaired) electrons. The highest BCUT2D eigenvalue weighted by Crippen LogP contribution is 2.63. The Bertz CT molecular complexity index is 1180. The molecule has 44 heavy (non-hydrogen) atoms. The van der Waals surface area contributed by atoms with Crippen LogP contribution in [0.25, 0.3) is 0 Å². The van der Waals surface area contributed by atoms with E-state index in [-0.39, 0.29) is 22.7 Å². The molecule has 0 saturated heterocycles. The van der Waals surface area contributed by atoms with E-state index in [1.807, 2.05) is 13.8 Å². The summed E-state index contributed by atoms with van der Waals surface area (Å²) >= 11 is 0. The summed E-state index contributed by atoms with van der Waals surface area (Å²) in [6.07, 6.45) is 22.4. The van der Waals surface area contributed by atoms with Crippen molar-refractivity contribution in [1.82, 2.24) is 0 Å². The summed E-state index contributed by atoms with van der Waals surface area (Å²) in [4.78, 5) is 23.9. The van der Waals surface area contributed by atoms with Crippen molar-refractivity contribution in [3.05, 3.63) is 46.6 Å². The number of carbonyl (C=O) groups is 2. The standard InChI is InChI=1S/2C20H30O2/c2*1-13(2)14-6-8-16-15(12-14)7-9-17-19(16,3)10-5-11-20(17,4)18(21)22/h2*7,12-13,16-17H,5-6,8-11H2,1-4H3,(H,21,22)/t2*16-,17+,19+,20+/m00/s1. The van der Waals surface area contributed by atoms with E-state index >= 15 is 0 Å². The maximum absolute atomic E-state index is 11.9. The van der Waals surface area contributed by atoms with Crippen LogP contribution in [0, 0.1) is 57.2 Å². The highest BCUT2D eigenvalue weighted by Gasteiger charge is 2.58. The van der Waals surface area contributed by atoms with Crippen LogP contribution in [0.1, 0.15) is 132 Å². The molecule has 2 fully saturated rings. The Morgan fingerprint density at radius 1 is 0.659 bits per heavy atom. The van der Waals surface area contributed by atoms with E-state index in [1.165, 1.54) is 49.7 Å². The summed E-state index contributed by atoms with van der Waals surface area (Å²) in [6.45, 7) is 17.9. The second-order valence-corrected chi connectivity index (χ2v) is 17.1. The third kappa shape index (κ3) is 5.38. The van der Waals surface area contributed by atoms with Crippen molar-refractivity contribution < 1.29 is 19.8 Å². The van der Waals surface area contributed by atoms with Crippen molar-refractivity contribution in [3.63, 3.8) is 0 Å². The lowest BCUT2D eigenvalue weighted by atomic mass is 9.47. The minimum absolute atomic E-state index is 0.161. The maximum Gasteiger partial charge on any atom is 0.309 e. The van der Waals surface area contributed by atoms with Crippen LogP contribution in [0.2, 0.25) is 0 Å². The minimum atomic E-state index is -0.588. The number of hydrogen-bond donors (Lipinski definition) is 2. The molecule has 0 bridgehead atoms. The van der Waals surface area contributed by atoms with Crippen LogP contribution in [0.4, 0.5) is 0 Å². The zero-order chi connectivity index (χ0) is 32.2. The molecule has 6 rings (SSSR count). The fourth-order valence-electron chi connectivity index (χ4n) is 11.2. The lowest BCUT2D eigenvalue weighted by molar-refractivity contribution is -0.163. The molecule has 0 aromatic carbocycles. The van der Waals surface area contributed by atoms with Gasteiger partial charge in [0.1, 0.15) is 0 Å². The Morgan fingerprint density at radius 3 is 1.34 bits per heavy atom. The number of aliphatic carboxylic acids is 2. The molecule has 4 nitrogen and oxygen atoms in total. The van der Waals surface area contributed by atoms with E-state index in [1.54, 1.807) is 11.1 Å². The van der Waals surface area contributed by atoms with E-state index in [0.717, 1.165) is 38.5 Å². The van der Waals surface area contributed by atoms with E-state index in [9.17, 15) is 19.8 Å². The van der Waals surface area contributed by atoms with Crippen LogP contribution >= 0.6 is 0 Å². The van der Waals surface area contributed by atoms with Crippen molar-refractivity contribution in [2.24, 2.45) is 57.2 Å². The van der Waals surface area contributed by atoms with E-state index in [2.05, 4.69) is 65.8 Å². The molecule has 0 aromatic heterocycles. The molecule has 0 unspecified atom stereocenters. The SMILES string of the molecule is CC(C)C1=CC2=CC[C@@H]3[C@](C)(CCC[C@@]3(C)C(=O)O)[C@H]2CC1.CC(C)C1=CC2=CC[C@@H]3[C@](C)(CCC[C@@]3(C)C(=O)O)[C@H]2CC1. The summed E-state index contributed by atoms with van der Waals surface area (Å²) < 4.78 is 0. The maximum atomic E-state index is 11.9. The molecule has 2 saturated carbocycles. The van der Waals surface area contributed by atoms with Gasteiger partial charge in [-0.25, -0.2) is 0 Å². The number of fused-ring (bicyclic) bond motifs is 6. The summed E-state index contributed by atoms with van der Waals surface area (Å²) in [5, 5.41) is 19.7. The molecule has 6 aliphatic carbocycles. The molecule has 0 aliphatic heterocycles. The van der Waals surface area contributed by atoms with Gasteiger partial charge in [-0.05, 0) is 136 Å². The first-order valence-corrected chi connectivity index (χ1v) is 17.9. The van der Waals surface area contributed by atoms with Gasteiger partial charge in [0.05, 0.1) is 10.8 Å². The summed E-state index contributed by atoms with van der Waals surface area (Å²) in [7, 11) is 0. The highest BCUT2D eigenvalue weighted by molar-refractivity contribution is 5.75. The molecule has 0 spiro atoms. The van der Waals surface area contributed by atoms with Gasteiger partial charge in [-0.2, -0.15) is 0 Å². The van der Waals surface area contributed by atoms with E-state index in [4.69, 9.17) is 0 Å². The van der Waals surface area contributed by atoms with Crippen LogP contribution in [0.5, 0.6) is 0 Å². The largest absolute Gasteiger partial charge is 0.481 e. The van der Waals surface area contributed by atoms with Gasteiger partial charge >= 0.3 is 11.9 Å². The Labute approximate surface area is 267 Å². The van der Waals surface area contributed by atoms with E-state index < -0.39 is 22.8 Å². The Hall–Kier alpha value is -2.10. The van der Waals surface area contributed by atoms with Crippen LogP contribution in [-0.2, 0) is 9.59 Å². The highest BCUT2D eigenvalue weighted by atomic mass is 16.4. The monoisotopic (exact) mass is 604 g/mol. The van der Waals surface area contributed by atoms with Gasteiger partial charge < -0.3 is 10.2 Å². The van der Waals surface area contributed by atoms with Gasteiger partial charge in [0.2, 0.25) is 0 Å². The fraction of sp³-hybridized carbons (Fsp3) is 0.750. The number of rotatable bonds is 4. The first kappa shape index (κ1) is 33.3. The normalized spacial score (nSPS) is 41.3. The van der Waals surface area contributed by atoms with Gasteiger partial charge in [-0.3, -0.25) is 9.59 Å². The number of carboxylic acid groups (broad SMARTS) is 2. The molecule has 4 heteroatoms. The molecule has 0 aromatic rings. The lowest BCUT2D eigenvalue weighted by Gasteiger charge is -2.57. The van der Waals surface area contributed by atoms with Gasteiger partial charge in [-0.15, -0.1) is 0 Å². The molecule has 0 amide bonds. The molecule has 6 aliphatic rings. The van der Waals surface area contributed by atoms with Crippen molar-refractivity contribution in [2.45, 2.75) is 132 Å². The van der Waals surface area contributed by atoms with Crippen LogP contribution in [-0.4, -0.2) is 22.2 Å². The summed E-state index contributed by atoms with van der Waals surface area (Å²) in [5.41, 5.74) is 5.38. The van der Waals surface area contributed by atoms with Crippen molar-refractivity contribution in [1.29, 1.82) is 0 Å². The minimum Gasteiger partial charge on any atom is -0.481 e. The Balaban J connectivity index is 0.000000175. The second kappa shape index (κ2) is 11.9. The lowest BCUT2D eigenvalue weighted by Crippen LogP contribution is -2.53. The molecule has 8 atom stereocenters. The molecular weight excluding hydrogens is 544 g/mol. The average Bonchev–Trinajstić information content (AvgIpc) is 2.96. The quantitative estimate of drug-likeness (QED) is 0.335. The van der Waals surface area contributed by atoms with Crippen molar-refractivity contribution in [2.75, 3.05) is 0 Å². The molecule has 2 N–H and O–H groups in total. The molecule has 0 heterocycles. The molecular formula is C40H60O4. The van der Waals surface area contributed by atoms with Crippen molar-refractivity contribution in [3.8, 4) is 0 Å². The summed E-state index contributed by atoms with van der Waals surface area (Å²) in [6, 6.07) is 0. The van der Waals surface area contributed by atoms with Gasteiger partial charge in [-0.1, -0.05) is 89.8 Å². The van der Waals surface area contributed by atoms with Gasteiger partial charge in [0.15, 0.2) is 0 Å². The Morgan fingerprint density at radius 2 is 1.02 bits per heavy atom. The first-order chi connectivity index (χ1) is 20.6. The smallest absolute Gasteiger partial charge is 0.309 e. The average molecular weight is 605 g/mol. The topological polar surface area (TPSA) is 74.6 Å². The predicted molar refractivity (Wildman–Crippen MR) is 179 cm³/mol. The third-order valence-corrected chi connectivity index (χ3v) is 14.1. The van der Waals surface area contributed by atoms with Crippen LogP contribution in [0.15, 0.2) is 46.6 Å². The third-order valence-electron chi connectivity index (χ3n) is 14.1. The number of carboxylic acids is 2. The Kier molecular flexibility index (Phi) is 9.01. The van der Waals surface area contributed by atoms with Crippen molar-refractivity contribution >= 4 is 11.9 Å². The van der Waals surface area contributed by atoms with Crippen LogP contribution < -0.4 is 0 Å². The first-order valence-electron chi connectivity index (χ1n) is 17.9. The number of hydrogen-bond acceptors (Lipinski definition) is 2. The predicted octanol–water partition coefficient (Wildman–Crippen LogP) is 10.4. The van der Waals surface area contributed by atoms with Gasteiger partial charge in [0, 0.05) is 0 Å². The van der Waals surface area contributed by atoms with Gasteiger partial charge in [0.25, 0.3) is 0 Å². The number of allylic oxidation sites excluding steroid dienone is 8. The fourth-order valence-corrected chi connectivity index (χ4v) is 11.2. The van der Waals surface area contributed by atoms with E-state index in [0.29, 0.717) is 23.7 Å². The second-order valence-electron chi connectivity index (χ2n) is 17.1. The summed E-state index contributed by atoms with van der Waals surface area (Å²) in [5.74, 6) is 1.78. The van der Waals surface area contributed by atoms with Crippen LogP contribution in [0.3, 0.4) is 0 Å². The zero-order valence-electron chi connectivity index (χ0n) is 29.0. The molecule has 244 valence electrons.